The zero-order chi connectivity index (χ0) is 8.10. The summed E-state index contributed by atoms with van der Waals surface area (Å²) < 4.78 is 4.95. The molecule has 0 saturated carbocycles. The topological polar surface area (TPSA) is 26.0 Å². The normalized spacial score (nSPS) is 10.4. The van der Waals surface area contributed by atoms with Crippen LogP contribution in [0, 0.1) is 6.92 Å². The second-order valence-corrected chi connectivity index (χ2v) is 2.89. The Bertz CT molecular complexity index is 205. The van der Waals surface area contributed by atoms with E-state index in [9.17, 15) is 0 Å². The van der Waals surface area contributed by atoms with Gasteiger partial charge in [-0.15, -0.1) is 0 Å². The van der Waals surface area contributed by atoms with Crippen LogP contribution in [-0.4, -0.2) is 5.16 Å². The van der Waals surface area contributed by atoms with E-state index < -0.39 is 0 Å². The lowest BCUT2D eigenvalue weighted by atomic mass is 10.1. The standard InChI is InChI=1S/C9H15NO/c1-3-4-5-6-9-7-8(2)11-10-9/h7H,3-6H2,1-2H3. The van der Waals surface area contributed by atoms with Gasteiger partial charge in [0.2, 0.25) is 0 Å². The molecule has 0 atom stereocenters. The zero-order valence-corrected chi connectivity index (χ0v) is 7.26. The summed E-state index contributed by atoms with van der Waals surface area (Å²) in [6, 6.07) is 2.01. The van der Waals surface area contributed by atoms with Crippen LogP contribution in [0.1, 0.15) is 37.6 Å². The minimum absolute atomic E-state index is 0.913. The van der Waals surface area contributed by atoms with Crippen LogP contribution >= 0.6 is 0 Å². The molecular weight excluding hydrogens is 138 g/mol. The number of unbranched alkanes of at least 4 members (excludes halogenated alkanes) is 2. The van der Waals surface area contributed by atoms with Gasteiger partial charge in [-0.05, 0) is 19.8 Å². The van der Waals surface area contributed by atoms with Crippen molar-refractivity contribution in [3.8, 4) is 0 Å². The lowest BCUT2D eigenvalue weighted by molar-refractivity contribution is 0.389. The van der Waals surface area contributed by atoms with E-state index in [0.29, 0.717) is 0 Å². The number of aromatic nitrogens is 1. The van der Waals surface area contributed by atoms with Gasteiger partial charge in [-0.25, -0.2) is 0 Å². The molecule has 0 spiro atoms. The Morgan fingerprint density at radius 2 is 2.27 bits per heavy atom. The van der Waals surface area contributed by atoms with E-state index in [4.69, 9.17) is 4.52 Å². The van der Waals surface area contributed by atoms with Crippen molar-refractivity contribution in [3.63, 3.8) is 0 Å². The van der Waals surface area contributed by atoms with Crippen molar-refractivity contribution in [2.45, 2.75) is 39.5 Å². The van der Waals surface area contributed by atoms with Crippen molar-refractivity contribution < 1.29 is 4.52 Å². The molecule has 2 heteroatoms. The molecule has 0 radical (unpaired) electrons. The van der Waals surface area contributed by atoms with Crippen LogP contribution in [0.2, 0.25) is 0 Å². The highest BCUT2D eigenvalue weighted by Crippen LogP contribution is 2.06. The third-order valence-electron chi connectivity index (χ3n) is 1.71. The molecule has 0 aromatic carbocycles. The molecular formula is C9H15NO. The van der Waals surface area contributed by atoms with Gasteiger partial charge in [-0.3, -0.25) is 0 Å². The molecule has 1 rings (SSSR count). The molecule has 62 valence electrons. The molecule has 0 fully saturated rings. The van der Waals surface area contributed by atoms with Crippen LogP contribution < -0.4 is 0 Å². The van der Waals surface area contributed by atoms with Crippen molar-refractivity contribution in [1.29, 1.82) is 0 Å². The Balaban J connectivity index is 2.27. The molecule has 0 bridgehead atoms. The van der Waals surface area contributed by atoms with Crippen LogP contribution in [0.15, 0.2) is 10.6 Å². The molecule has 0 unspecified atom stereocenters. The molecule has 0 amide bonds. The lowest BCUT2D eigenvalue weighted by Crippen LogP contribution is -1.83. The van der Waals surface area contributed by atoms with Crippen LogP contribution in [-0.2, 0) is 6.42 Å². The predicted molar refractivity (Wildman–Crippen MR) is 44.5 cm³/mol. The maximum atomic E-state index is 4.95. The number of hydrogen-bond donors (Lipinski definition) is 0. The predicted octanol–water partition coefficient (Wildman–Crippen LogP) is 2.72. The maximum absolute atomic E-state index is 4.95. The fraction of sp³-hybridized carbons (Fsp3) is 0.667. The van der Waals surface area contributed by atoms with E-state index in [-0.39, 0.29) is 0 Å². The highest BCUT2D eigenvalue weighted by molar-refractivity contribution is 5.03. The molecule has 1 aromatic rings. The summed E-state index contributed by atoms with van der Waals surface area (Å²) in [7, 11) is 0. The molecule has 11 heavy (non-hydrogen) atoms. The number of rotatable bonds is 4. The highest BCUT2D eigenvalue weighted by atomic mass is 16.5. The first kappa shape index (κ1) is 8.31. The molecule has 1 heterocycles. The second-order valence-electron chi connectivity index (χ2n) is 2.89. The molecule has 0 aliphatic carbocycles. The molecule has 0 saturated heterocycles. The average molecular weight is 153 g/mol. The van der Waals surface area contributed by atoms with Crippen LogP contribution in [0.4, 0.5) is 0 Å². The van der Waals surface area contributed by atoms with Gasteiger partial charge in [-0.2, -0.15) is 0 Å². The van der Waals surface area contributed by atoms with Gasteiger partial charge in [0.25, 0.3) is 0 Å². The third kappa shape index (κ3) is 2.74. The number of aryl methyl sites for hydroxylation is 2. The second kappa shape index (κ2) is 4.16. The molecule has 2 nitrogen and oxygen atoms in total. The Kier molecular flexibility index (Phi) is 3.14. The van der Waals surface area contributed by atoms with Crippen LogP contribution in [0.3, 0.4) is 0 Å². The molecule has 1 aromatic heterocycles. The van der Waals surface area contributed by atoms with Crippen molar-refractivity contribution in [3.05, 3.63) is 17.5 Å². The first-order chi connectivity index (χ1) is 5.33. The Morgan fingerprint density at radius 1 is 1.45 bits per heavy atom. The zero-order valence-electron chi connectivity index (χ0n) is 7.26. The van der Waals surface area contributed by atoms with Gasteiger partial charge >= 0.3 is 0 Å². The van der Waals surface area contributed by atoms with Crippen molar-refractivity contribution in [2.75, 3.05) is 0 Å². The summed E-state index contributed by atoms with van der Waals surface area (Å²) in [4.78, 5) is 0. The highest BCUT2D eigenvalue weighted by Gasteiger charge is 1.98. The Labute approximate surface area is 67.6 Å². The summed E-state index contributed by atoms with van der Waals surface area (Å²) >= 11 is 0. The summed E-state index contributed by atoms with van der Waals surface area (Å²) in [5.74, 6) is 0.913. The van der Waals surface area contributed by atoms with Gasteiger partial charge in [0.15, 0.2) is 0 Å². The smallest absolute Gasteiger partial charge is 0.133 e. The van der Waals surface area contributed by atoms with E-state index in [1.807, 2.05) is 13.0 Å². The lowest BCUT2D eigenvalue weighted by Gasteiger charge is -1.91. The maximum Gasteiger partial charge on any atom is 0.133 e. The number of nitrogens with zero attached hydrogens (tertiary/aromatic N) is 1. The Hall–Kier alpha value is -0.790. The van der Waals surface area contributed by atoms with Crippen LogP contribution in [0.5, 0.6) is 0 Å². The quantitative estimate of drug-likeness (QED) is 0.621. The largest absolute Gasteiger partial charge is 0.361 e. The van der Waals surface area contributed by atoms with Crippen molar-refractivity contribution in [2.24, 2.45) is 0 Å². The first-order valence-corrected chi connectivity index (χ1v) is 4.25. The molecule has 0 aliphatic heterocycles. The number of hydrogen-bond acceptors (Lipinski definition) is 2. The van der Waals surface area contributed by atoms with Gasteiger partial charge in [0.1, 0.15) is 5.76 Å². The van der Waals surface area contributed by atoms with E-state index in [0.717, 1.165) is 17.9 Å². The monoisotopic (exact) mass is 153 g/mol. The average Bonchev–Trinajstić information content (AvgIpc) is 2.37. The van der Waals surface area contributed by atoms with E-state index in [1.165, 1.54) is 19.3 Å². The summed E-state index contributed by atoms with van der Waals surface area (Å²) in [5.41, 5.74) is 1.09. The van der Waals surface area contributed by atoms with Gasteiger partial charge < -0.3 is 4.52 Å². The molecule has 0 N–H and O–H groups in total. The van der Waals surface area contributed by atoms with Crippen molar-refractivity contribution in [1.82, 2.24) is 5.16 Å². The minimum atomic E-state index is 0.913. The van der Waals surface area contributed by atoms with Crippen molar-refractivity contribution >= 4 is 0 Å². The fourth-order valence-corrected chi connectivity index (χ4v) is 1.09. The molecule has 0 aliphatic rings. The first-order valence-electron chi connectivity index (χ1n) is 4.25. The van der Waals surface area contributed by atoms with Gasteiger partial charge in [0, 0.05) is 6.07 Å². The van der Waals surface area contributed by atoms with Gasteiger partial charge in [-0.1, -0.05) is 24.9 Å². The Morgan fingerprint density at radius 3 is 2.82 bits per heavy atom. The van der Waals surface area contributed by atoms with Gasteiger partial charge in [0.05, 0.1) is 5.69 Å². The van der Waals surface area contributed by atoms with Crippen LogP contribution in [0.25, 0.3) is 0 Å². The summed E-state index contributed by atoms with van der Waals surface area (Å²) in [6.07, 6.45) is 4.83. The van der Waals surface area contributed by atoms with E-state index in [2.05, 4.69) is 12.1 Å². The summed E-state index contributed by atoms with van der Waals surface area (Å²) in [6.45, 7) is 4.13. The van der Waals surface area contributed by atoms with E-state index >= 15 is 0 Å². The fourth-order valence-electron chi connectivity index (χ4n) is 1.09. The summed E-state index contributed by atoms with van der Waals surface area (Å²) in [5, 5.41) is 3.91. The SMILES string of the molecule is CCCCCc1cc(C)on1. The van der Waals surface area contributed by atoms with E-state index in [1.54, 1.807) is 0 Å². The third-order valence-corrected chi connectivity index (χ3v) is 1.71. The minimum Gasteiger partial charge on any atom is -0.361 e.